The van der Waals surface area contributed by atoms with E-state index < -0.39 is 12.1 Å². The number of ether oxygens (including phenoxy) is 2. The number of hydrogen-bond acceptors (Lipinski definition) is 7. The summed E-state index contributed by atoms with van der Waals surface area (Å²) in [6.45, 7) is 0. The number of amidine groups is 1. The van der Waals surface area contributed by atoms with Gasteiger partial charge in [-0.3, -0.25) is 5.32 Å². The first kappa shape index (κ1) is 25.0. The minimum atomic E-state index is -4.74. The lowest BCUT2D eigenvalue weighted by molar-refractivity contribution is -0.274. The van der Waals surface area contributed by atoms with Crippen LogP contribution in [0.2, 0.25) is 5.15 Å². The van der Waals surface area contributed by atoms with Gasteiger partial charge in [0.1, 0.15) is 28.8 Å². The topological polar surface area (TPSA) is 98.7 Å². The fraction of sp³-hybridized carbons (Fsp3) is 0.280. The molecule has 2 atom stereocenters. The third-order valence-corrected chi connectivity index (χ3v) is 6.77. The average Bonchev–Trinajstić information content (AvgIpc) is 3.49. The average molecular weight is 533 g/mol. The van der Waals surface area contributed by atoms with Crippen molar-refractivity contribution < 1.29 is 22.6 Å². The highest BCUT2D eigenvalue weighted by atomic mass is 35.5. The molecule has 5 rings (SSSR count). The lowest BCUT2D eigenvalue weighted by Gasteiger charge is -2.38. The van der Waals surface area contributed by atoms with Crippen LogP contribution in [0, 0.1) is 0 Å². The molecule has 0 amide bonds. The summed E-state index contributed by atoms with van der Waals surface area (Å²) in [6, 6.07) is 11.5. The fourth-order valence-electron chi connectivity index (χ4n) is 4.86. The van der Waals surface area contributed by atoms with Gasteiger partial charge in [-0.1, -0.05) is 29.8 Å². The summed E-state index contributed by atoms with van der Waals surface area (Å²) in [5.41, 5.74) is 10.5. The normalized spacial score (nSPS) is 21.4. The van der Waals surface area contributed by atoms with Crippen LogP contribution in [-0.2, 0) is 5.79 Å². The molecule has 2 aromatic carbocycles. The number of halogens is 4. The summed E-state index contributed by atoms with van der Waals surface area (Å²) in [5, 5.41) is 7.14. The van der Waals surface area contributed by atoms with Gasteiger partial charge in [-0.05, 0) is 49.7 Å². The third-order valence-electron chi connectivity index (χ3n) is 6.57. The summed E-state index contributed by atoms with van der Waals surface area (Å²) < 4.78 is 49.1. The zero-order valence-corrected chi connectivity index (χ0v) is 20.7. The van der Waals surface area contributed by atoms with Crippen LogP contribution >= 0.6 is 11.6 Å². The maximum absolute atomic E-state index is 12.6. The number of nitrogens with one attached hydrogen (secondary N) is 2. The van der Waals surface area contributed by atoms with Crippen molar-refractivity contribution in [3.05, 3.63) is 82.5 Å². The van der Waals surface area contributed by atoms with Gasteiger partial charge >= 0.3 is 6.36 Å². The monoisotopic (exact) mass is 532 g/mol. The highest BCUT2D eigenvalue weighted by Gasteiger charge is 2.41. The maximum atomic E-state index is 12.6. The quantitative estimate of drug-likeness (QED) is 0.431. The largest absolute Gasteiger partial charge is 0.573 e. The van der Waals surface area contributed by atoms with Crippen molar-refractivity contribution in [1.82, 2.24) is 20.2 Å². The van der Waals surface area contributed by atoms with E-state index in [1.165, 1.54) is 12.1 Å². The first-order valence-corrected chi connectivity index (χ1v) is 11.8. The molecule has 1 aliphatic heterocycles. The van der Waals surface area contributed by atoms with Gasteiger partial charge in [0.2, 0.25) is 5.79 Å². The van der Waals surface area contributed by atoms with E-state index in [4.69, 9.17) is 27.1 Å². The second-order valence-electron chi connectivity index (χ2n) is 8.67. The van der Waals surface area contributed by atoms with E-state index in [1.54, 1.807) is 43.4 Å². The van der Waals surface area contributed by atoms with E-state index in [9.17, 15) is 13.2 Å². The van der Waals surface area contributed by atoms with Gasteiger partial charge in [0.15, 0.2) is 0 Å². The Balaban J connectivity index is 1.48. The van der Waals surface area contributed by atoms with E-state index in [0.29, 0.717) is 23.2 Å². The molecule has 0 radical (unpaired) electrons. The number of aliphatic imine (C=N–C) groups is 1. The minimum Gasteiger partial charge on any atom is -0.495 e. The SMILES string of the molecule is CNC1(c2ccc(-n3cnc(Cl)c3)c(OC)c2)N=C(N)C2=C(N1)C(c1ccc(OC(F)(F)F)cc1)CC2. The standard InChI is InChI=1S/C25H24ClF3N6O2/c1-31-24(15-5-10-19(20(11-15)36-2)35-12-21(26)32-13-35)33-22-17(8-9-18(22)23(30)34-24)14-3-6-16(7-4-14)37-25(27,28)29/h3-7,10-13,17,31,33H,8-9H2,1-2H3,(H2,30,34). The smallest absolute Gasteiger partial charge is 0.495 e. The minimum absolute atomic E-state index is 0.106. The van der Waals surface area contributed by atoms with Crippen LogP contribution in [0.15, 0.2) is 71.3 Å². The second kappa shape index (κ2) is 9.31. The molecule has 2 aliphatic rings. The van der Waals surface area contributed by atoms with Gasteiger partial charge in [-0.2, -0.15) is 0 Å². The predicted octanol–water partition coefficient (Wildman–Crippen LogP) is 4.55. The molecular formula is C25H24ClF3N6O2. The van der Waals surface area contributed by atoms with Crippen LogP contribution in [-0.4, -0.2) is 35.9 Å². The zero-order valence-electron chi connectivity index (χ0n) is 19.9. The molecule has 4 N–H and O–H groups in total. The molecule has 0 saturated heterocycles. The molecule has 12 heteroatoms. The Labute approximate surface area is 215 Å². The molecule has 1 aliphatic carbocycles. The van der Waals surface area contributed by atoms with E-state index in [-0.39, 0.29) is 11.7 Å². The second-order valence-corrected chi connectivity index (χ2v) is 9.06. The Hall–Kier alpha value is -3.70. The van der Waals surface area contributed by atoms with Gasteiger partial charge in [0.05, 0.1) is 12.8 Å². The number of nitrogens with two attached hydrogens (primary N) is 1. The number of hydrogen-bond donors (Lipinski definition) is 3. The van der Waals surface area contributed by atoms with Crippen molar-refractivity contribution in [1.29, 1.82) is 0 Å². The molecule has 0 bridgehead atoms. The van der Waals surface area contributed by atoms with Gasteiger partial charge in [0.25, 0.3) is 0 Å². The van der Waals surface area contributed by atoms with Crippen LogP contribution in [0.5, 0.6) is 11.5 Å². The number of nitrogens with zero attached hydrogens (tertiary/aromatic N) is 3. The van der Waals surface area contributed by atoms with Gasteiger partial charge in [-0.25, -0.2) is 9.98 Å². The van der Waals surface area contributed by atoms with Gasteiger partial charge in [-0.15, -0.1) is 13.2 Å². The number of alkyl halides is 3. The number of rotatable bonds is 6. The summed E-state index contributed by atoms with van der Waals surface area (Å²) in [4.78, 5) is 8.84. The van der Waals surface area contributed by atoms with Crippen LogP contribution in [0.25, 0.3) is 5.69 Å². The van der Waals surface area contributed by atoms with Crippen molar-refractivity contribution in [2.75, 3.05) is 14.2 Å². The maximum Gasteiger partial charge on any atom is 0.573 e. The van der Waals surface area contributed by atoms with Crippen LogP contribution < -0.4 is 25.8 Å². The Bertz CT molecular complexity index is 1390. The number of imidazole rings is 1. The molecule has 2 heterocycles. The Morgan fingerprint density at radius 2 is 1.97 bits per heavy atom. The molecule has 0 spiro atoms. The van der Waals surface area contributed by atoms with Crippen LogP contribution in [0.4, 0.5) is 13.2 Å². The Morgan fingerprint density at radius 3 is 2.59 bits per heavy atom. The van der Waals surface area contributed by atoms with E-state index in [0.717, 1.165) is 34.5 Å². The first-order valence-electron chi connectivity index (χ1n) is 11.4. The van der Waals surface area contributed by atoms with E-state index in [2.05, 4.69) is 20.4 Å². The molecule has 194 valence electrons. The summed E-state index contributed by atoms with van der Waals surface area (Å²) in [5.74, 6) is -0.502. The predicted molar refractivity (Wildman–Crippen MR) is 133 cm³/mol. The van der Waals surface area contributed by atoms with E-state index >= 15 is 0 Å². The molecule has 8 nitrogen and oxygen atoms in total. The Kier molecular flexibility index (Phi) is 6.28. The molecular weight excluding hydrogens is 509 g/mol. The molecule has 37 heavy (non-hydrogen) atoms. The Morgan fingerprint density at radius 1 is 1.22 bits per heavy atom. The van der Waals surface area contributed by atoms with Crippen molar-refractivity contribution >= 4 is 17.4 Å². The van der Waals surface area contributed by atoms with Crippen molar-refractivity contribution in [2.24, 2.45) is 10.7 Å². The number of allylic oxidation sites excluding steroid dienone is 1. The van der Waals surface area contributed by atoms with E-state index in [1.807, 2.05) is 18.2 Å². The summed E-state index contributed by atoms with van der Waals surface area (Å²) in [7, 11) is 3.33. The molecule has 3 aromatic rings. The van der Waals surface area contributed by atoms with Crippen molar-refractivity contribution in [3.63, 3.8) is 0 Å². The summed E-state index contributed by atoms with van der Waals surface area (Å²) in [6.07, 6.45) is -0.0575. The molecule has 2 unspecified atom stereocenters. The van der Waals surface area contributed by atoms with Gasteiger partial charge < -0.3 is 25.1 Å². The van der Waals surface area contributed by atoms with Crippen molar-refractivity contribution in [3.8, 4) is 17.2 Å². The fourth-order valence-corrected chi connectivity index (χ4v) is 5.01. The lowest BCUT2D eigenvalue weighted by atomic mass is 9.94. The number of methoxy groups -OCH3 is 1. The highest BCUT2D eigenvalue weighted by Crippen LogP contribution is 2.43. The van der Waals surface area contributed by atoms with Crippen molar-refractivity contribution in [2.45, 2.75) is 30.9 Å². The molecule has 1 aromatic heterocycles. The number of aromatic nitrogens is 2. The first-order chi connectivity index (χ1) is 17.6. The summed E-state index contributed by atoms with van der Waals surface area (Å²) >= 11 is 5.99. The molecule has 0 saturated carbocycles. The third kappa shape index (κ3) is 4.72. The van der Waals surface area contributed by atoms with Crippen LogP contribution in [0.1, 0.15) is 29.9 Å². The lowest BCUT2D eigenvalue weighted by Crippen LogP contribution is -2.54. The van der Waals surface area contributed by atoms with Gasteiger partial charge in [0, 0.05) is 28.9 Å². The highest BCUT2D eigenvalue weighted by molar-refractivity contribution is 6.29. The number of benzene rings is 2. The van der Waals surface area contributed by atoms with Crippen LogP contribution in [0.3, 0.4) is 0 Å². The zero-order chi connectivity index (χ0) is 26.4. The molecule has 0 fully saturated rings.